The van der Waals surface area contributed by atoms with Gasteiger partial charge < -0.3 is 10.1 Å². The topological polar surface area (TPSA) is 84.5 Å². The van der Waals surface area contributed by atoms with Crippen molar-refractivity contribution in [3.63, 3.8) is 0 Å². The number of hydrogen-bond donors (Lipinski definition) is 2. The van der Waals surface area contributed by atoms with Crippen molar-refractivity contribution in [3.05, 3.63) is 82.9 Å². The second kappa shape index (κ2) is 9.41. The second-order valence-electron chi connectivity index (χ2n) is 7.06. The monoisotopic (exact) mass is 458 g/mol. The van der Waals surface area contributed by atoms with E-state index in [-0.39, 0.29) is 10.8 Å². The Balaban J connectivity index is 1.66. The predicted octanol–water partition coefficient (Wildman–Crippen LogP) is 5.16. The fourth-order valence-electron chi connectivity index (χ4n) is 2.80. The van der Waals surface area contributed by atoms with Crippen molar-refractivity contribution in [3.8, 4) is 5.75 Å². The van der Waals surface area contributed by atoms with Gasteiger partial charge >= 0.3 is 0 Å². The molecule has 0 aliphatic rings. The SMILES string of the molecule is Cc1cccc(O[C@@H](C)C(=O)Nc2ccc(S(=O)(=O)Nc3ccccc3Cl)cc2)c1C. The zero-order valence-corrected chi connectivity index (χ0v) is 18.9. The summed E-state index contributed by atoms with van der Waals surface area (Å²) in [6.07, 6.45) is -0.731. The van der Waals surface area contributed by atoms with Gasteiger partial charge in [-0.25, -0.2) is 8.42 Å². The van der Waals surface area contributed by atoms with E-state index in [4.69, 9.17) is 16.3 Å². The van der Waals surface area contributed by atoms with Gasteiger partial charge in [0.15, 0.2) is 6.10 Å². The Kier molecular flexibility index (Phi) is 6.87. The number of para-hydroxylation sites is 1. The molecule has 0 aromatic heterocycles. The fraction of sp³-hybridized carbons (Fsp3) is 0.174. The largest absolute Gasteiger partial charge is 0.481 e. The van der Waals surface area contributed by atoms with Crippen LogP contribution in [0.5, 0.6) is 5.75 Å². The summed E-state index contributed by atoms with van der Waals surface area (Å²) in [7, 11) is -3.82. The molecule has 3 aromatic rings. The Labute approximate surface area is 187 Å². The van der Waals surface area contributed by atoms with Gasteiger partial charge in [-0.3, -0.25) is 9.52 Å². The molecule has 0 saturated heterocycles. The summed E-state index contributed by atoms with van der Waals surface area (Å²) in [5, 5.41) is 3.03. The summed E-state index contributed by atoms with van der Waals surface area (Å²) in [6.45, 7) is 5.57. The number of rotatable bonds is 7. The molecule has 0 fully saturated rings. The first-order valence-corrected chi connectivity index (χ1v) is 11.4. The molecule has 1 atom stereocenters. The van der Waals surface area contributed by atoms with Crippen LogP contribution < -0.4 is 14.8 Å². The highest BCUT2D eigenvalue weighted by atomic mass is 35.5. The number of benzene rings is 3. The van der Waals surface area contributed by atoms with Crippen LogP contribution in [0.2, 0.25) is 5.02 Å². The van der Waals surface area contributed by atoms with Crippen molar-refractivity contribution in [1.82, 2.24) is 0 Å². The molecule has 6 nitrogen and oxygen atoms in total. The number of amides is 1. The predicted molar refractivity (Wildman–Crippen MR) is 123 cm³/mol. The van der Waals surface area contributed by atoms with E-state index in [2.05, 4.69) is 10.0 Å². The van der Waals surface area contributed by atoms with Crippen LogP contribution >= 0.6 is 11.6 Å². The van der Waals surface area contributed by atoms with Gasteiger partial charge in [0.05, 0.1) is 15.6 Å². The van der Waals surface area contributed by atoms with Crippen molar-refractivity contribution >= 4 is 38.9 Å². The van der Waals surface area contributed by atoms with Crippen molar-refractivity contribution in [1.29, 1.82) is 0 Å². The van der Waals surface area contributed by atoms with Gasteiger partial charge in [-0.2, -0.15) is 0 Å². The van der Waals surface area contributed by atoms with Gasteiger partial charge in [0.2, 0.25) is 0 Å². The van der Waals surface area contributed by atoms with Crippen molar-refractivity contribution in [2.75, 3.05) is 10.0 Å². The lowest BCUT2D eigenvalue weighted by molar-refractivity contribution is -0.122. The molecule has 0 aliphatic heterocycles. The number of anilines is 2. The maximum Gasteiger partial charge on any atom is 0.265 e. The Morgan fingerprint density at radius 3 is 2.32 bits per heavy atom. The lowest BCUT2D eigenvalue weighted by Crippen LogP contribution is -2.30. The fourth-order valence-corrected chi connectivity index (χ4v) is 4.12. The van der Waals surface area contributed by atoms with Gasteiger partial charge in [-0.1, -0.05) is 35.9 Å². The maximum absolute atomic E-state index is 12.6. The highest BCUT2D eigenvalue weighted by molar-refractivity contribution is 7.92. The molecule has 0 aliphatic carbocycles. The number of carbonyl (C=O) groups is 1. The Hall–Kier alpha value is -3.03. The van der Waals surface area contributed by atoms with E-state index >= 15 is 0 Å². The molecular weight excluding hydrogens is 436 g/mol. The standard InChI is InChI=1S/C23H23ClN2O4S/c1-15-7-6-10-22(16(15)2)30-17(3)23(27)25-18-11-13-19(14-12-18)31(28,29)26-21-9-5-4-8-20(21)24/h4-14,17,26H,1-3H3,(H,25,27)/t17-/m0/s1. The van der Waals surface area contributed by atoms with E-state index < -0.39 is 16.1 Å². The lowest BCUT2D eigenvalue weighted by atomic mass is 10.1. The molecule has 0 spiro atoms. The smallest absolute Gasteiger partial charge is 0.265 e. The average molecular weight is 459 g/mol. The van der Waals surface area contributed by atoms with E-state index in [0.29, 0.717) is 22.1 Å². The van der Waals surface area contributed by atoms with Gasteiger partial charge in [0.1, 0.15) is 5.75 Å². The lowest BCUT2D eigenvalue weighted by Gasteiger charge is -2.17. The molecule has 0 radical (unpaired) electrons. The number of sulfonamides is 1. The molecule has 31 heavy (non-hydrogen) atoms. The average Bonchev–Trinajstić information content (AvgIpc) is 2.73. The number of carbonyl (C=O) groups excluding carboxylic acids is 1. The molecule has 3 rings (SSSR count). The van der Waals surface area contributed by atoms with Crippen LogP contribution in [0.4, 0.5) is 11.4 Å². The normalized spacial score (nSPS) is 12.1. The Morgan fingerprint density at radius 1 is 0.968 bits per heavy atom. The zero-order chi connectivity index (χ0) is 22.6. The van der Waals surface area contributed by atoms with Gasteiger partial charge in [-0.15, -0.1) is 0 Å². The summed E-state index contributed by atoms with van der Waals surface area (Å²) in [5.41, 5.74) is 2.80. The first-order chi connectivity index (χ1) is 14.7. The molecule has 2 N–H and O–H groups in total. The van der Waals surface area contributed by atoms with E-state index in [1.807, 2.05) is 32.0 Å². The Morgan fingerprint density at radius 2 is 1.65 bits per heavy atom. The third-order valence-corrected chi connectivity index (χ3v) is 6.49. The zero-order valence-electron chi connectivity index (χ0n) is 17.3. The van der Waals surface area contributed by atoms with Crippen LogP contribution in [0.15, 0.2) is 71.6 Å². The molecule has 0 unspecified atom stereocenters. The number of ether oxygens (including phenoxy) is 1. The summed E-state index contributed by atoms with van der Waals surface area (Å²) >= 11 is 6.02. The molecule has 3 aromatic carbocycles. The molecule has 0 saturated carbocycles. The van der Waals surface area contributed by atoms with E-state index in [1.54, 1.807) is 31.2 Å². The summed E-state index contributed by atoms with van der Waals surface area (Å²) in [5.74, 6) is 0.306. The van der Waals surface area contributed by atoms with E-state index in [9.17, 15) is 13.2 Å². The minimum absolute atomic E-state index is 0.0464. The van der Waals surface area contributed by atoms with E-state index in [0.717, 1.165) is 11.1 Å². The van der Waals surface area contributed by atoms with Crippen molar-refractivity contribution < 1.29 is 17.9 Å². The molecule has 0 heterocycles. The maximum atomic E-state index is 12.6. The van der Waals surface area contributed by atoms with Crippen LogP contribution in [0.3, 0.4) is 0 Å². The minimum Gasteiger partial charge on any atom is -0.481 e. The molecule has 8 heteroatoms. The number of hydrogen-bond acceptors (Lipinski definition) is 4. The number of aryl methyl sites for hydroxylation is 1. The first kappa shape index (κ1) is 22.7. The highest BCUT2D eigenvalue weighted by Gasteiger charge is 2.18. The second-order valence-corrected chi connectivity index (χ2v) is 9.15. The van der Waals surface area contributed by atoms with Crippen molar-refractivity contribution in [2.45, 2.75) is 31.8 Å². The van der Waals surface area contributed by atoms with Crippen LogP contribution in [-0.2, 0) is 14.8 Å². The third-order valence-electron chi connectivity index (χ3n) is 4.78. The van der Waals surface area contributed by atoms with Gasteiger partial charge in [0.25, 0.3) is 15.9 Å². The molecule has 162 valence electrons. The molecule has 1 amide bonds. The molecule has 0 bridgehead atoms. The van der Waals surface area contributed by atoms with Gasteiger partial charge in [0, 0.05) is 5.69 Å². The van der Waals surface area contributed by atoms with Crippen LogP contribution in [0, 0.1) is 13.8 Å². The third kappa shape index (κ3) is 5.57. The quantitative estimate of drug-likeness (QED) is 0.512. The van der Waals surface area contributed by atoms with Crippen LogP contribution in [0.25, 0.3) is 0 Å². The van der Waals surface area contributed by atoms with E-state index in [1.165, 1.54) is 24.3 Å². The number of halogens is 1. The van der Waals surface area contributed by atoms with Crippen molar-refractivity contribution in [2.24, 2.45) is 0 Å². The summed E-state index contributed by atoms with van der Waals surface area (Å²) in [4.78, 5) is 12.5. The first-order valence-electron chi connectivity index (χ1n) is 9.58. The number of nitrogens with one attached hydrogen (secondary N) is 2. The summed E-state index contributed by atoms with van der Waals surface area (Å²) in [6, 6.07) is 18.1. The van der Waals surface area contributed by atoms with Crippen LogP contribution in [-0.4, -0.2) is 20.4 Å². The van der Waals surface area contributed by atoms with Crippen LogP contribution in [0.1, 0.15) is 18.1 Å². The highest BCUT2D eigenvalue weighted by Crippen LogP contribution is 2.25. The molecular formula is C23H23ClN2O4S. The summed E-state index contributed by atoms with van der Waals surface area (Å²) < 4.78 is 33.4. The Bertz CT molecular complexity index is 1190. The minimum atomic E-state index is -3.82. The van der Waals surface area contributed by atoms with Gasteiger partial charge in [-0.05, 0) is 74.4 Å².